The number of thiazole rings is 1. The number of carboxylic acids is 1. The average molecular weight is 323 g/mol. The second-order valence-electron chi connectivity index (χ2n) is 4.88. The highest BCUT2D eigenvalue weighted by Crippen LogP contribution is 2.21. The Kier molecular flexibility index (Phi) is 5.49. The Labute approximate surface area is 132 Å². The van der Waals surface area contributed by atoms with Crippen LogP contribution in [0.15, 0.2) is 18.2 Å². The summed E-state index contributed by atoms with van der Waals surface area (Å²) in [5.74, 6) is -1.14. The van der Waals surface area contributed by atoms with Crippen LogP contribution in [-0.2, 0) is 12.8 Å². The Morgan fingerprint density at radius 2 is 2.23 bits per heavy atom. The summed E-state index contributed by atoms with van der Waals surface area (Å²) in [5, 5.41) is 9.79. The summed E-state index contributed by atoms with van der Waals surface area (Å²) in [6, 6.07) is 4.95. The summed E-state index contributed by atoms with van der Waals surface area (Å²) in [5.41, 5.74) is 1.04. The Morgan fingerprint density at radius 1 is 1.45 bits per heavy atom. The van der Waals surface area contributed by atoms with Gasteiger partial charge in [0.25, 0.3) is 0 Å². The van der Waals surface area contributed by atoms with Crippen LogP contribution < -0.4 is 4.74 Å². The van der Waals surface area contributed by atoms with E-state index < -0.39 is 5.97 Å². The van der Waals surface area contributed by atoms with Gasteiger partial charge >= 0.3 is 5.97 Å². The molecule has 1 N–H and O–H groups in total. The van der Waals surface area contributed by atoms with E-state index in [2.05, 4.69) is 4.98 Å². The molecule has 0 aliphatic carbocycles. The first-order chi connectivity index (χ1) is 10.5. The first-order valence-corrected chi connectivity index (χ1v) is 7.93. The quantitative estimate of drug-likeness (QED) is 0.786. The summed E-state index contributed by atoms with van der Waals surface area (Å²) < 4.78 is 19.2. The van der Waals surface area contributed by atoms with Crippen molar-refractivity contribution in [3.63, 3.8) is 0 Å². The first kappa shape index (κ1) is 16.4. The number of halogens is 1. The van der Waals surface area contributed by atoms with E-state index in [4.69, 9.17) is 9.84 Å². The van der Waals surface area contributed by atoms with Gasteiger partial charge in [-0.1, -0.05) is 13.0 Å². The van der Waals surface area contributed by atoms with Gasteiger partial charge in [0.1, 0.15) is 0 Å². The molecule has 1 aromatic carbocycles. The highest BCUT2D eigenvalue weighted by atomic mass is 32.1. The van der Waals surface area contributed by atoms with Crippen molar-refractivity contribution >= 4 is 17.3 Å². The van der Waals surface area contributed by atoms with Gasteiger partial charge in [-0.3, -0.25) is 0 Å². The van der Waals surface area contributed by atoms with Gasteiger partial charge in [-0.25, -0.2) is 14.2 Å². The molecule has 0 bridgehead atoms. The molecule has 0 fully saturated rings. The van der Waals surface area contributed by atoms with E-state index in [1.807, 2.05) is 13.0 Å². The monoisotopic (exact) mass is 323 g/mol. The van der Waals surface area contributed by atoms with Gasteiger partial charge in [-0.05, 0) is 43.9 Å². The molecule has 0 amide bonds. The average Bonchev–Trinajstić information content (AvgIpc) is 2.86. The van der Waals surface area contributed by atoms with E-state index in [1.54, 1.807) is 13.0 Å². The molecule has 22 heavy (non-hydrogen) atoms. The molecule has 2 aromatic rings. The van der Waals surface area contributed by atoms with Crippen LogP contribution in [0, 0.1) is 12.7 Å². The van der Waals surface area contributed by atoms with Gasteiger partial charge < -0.3 is 9.84 Å². The molecule has 0 aliphatic rings. The predicted molar refractivity (Wildman–Crippen MR) is 83.4 cm³/mol. The van der Waals surface area contributed by atoms with Crippen LogP contribution in [0.25, 0.3) is 0 Å². The van der Waals surface area contributed by atoms with E-state index >= 15 is 0 Å². The Hall–Kier alpha value is -1.95. The number of ether oxygens (including phenoxy) is 1. The van der Waals surface area contributed by atoms with E-state index in [0.717, 1.165) is 21.9 Å². The number of aryl methyl sites for hydroxylation is 3. The Balaban J connectivity index is 1.88. The van der Waals surface area contributed by atoms with Gasteiger partial charge in [-0.2, -0.15) is 0 Å². The number of aromatic carboxylic acids is 1. The second kappa shape index (κ2) is 7.35. The fraction of sp³-hybridized carbons (Fsp3) is 0.375. The molecule has 0 spiro atoms. The third-order valence-electron chi connectivity index (χ3n) is 3.22. The maximum atomic E-state index is 13.7. The second-order valence-corrected chi connectivity index (χ2v) is 6.17. The van der Waals surface area contributed by atoms with E-state index in [9.17, 15) is 9.18 Å². The molecule has 0 saturated carbocycles. The predicted octanol–water partition coefficient (Wildman–Crippen LogP) is 3.86. The van der Waals surface area contributed by atoms with E-state index in [0.29, 0.717) is 19.4 Å². The Bertz CT molecular complexity index is 669. The number of hydrogen-bond donors (Lipinski definition) is 1. The molecule has 118 valence electrons. The molecule has 6 heteroatoms. The lowest BCUT2D eigenvalue weighted by atomic mass is 10.1. The molecule has 1 aromatic heterocycles. The SMILES string of the molecule is CCc1ccc(OCCCc2sc(C)nc2C(=O)O)c(F)c1. The summed E-state index contributed by atoms with van der Waals surface area (Å²) >= 11 is 1.38. The van der Waals surface area contributed by atoms with Crippen LogP contribution >= 0.6 is 11.3 Å². The number of carbonyl (C=O) groups is 1. The van der Waals surface area contributed by atoms with Crippen molar-refractivity contribution in [2.45, 2.75) is 33.1 Å². The lowest BCUT2D eigenvalue weighted by Gasteiger charge is -2.08. The summed E-state index contributed by atoms with van der Waals surface area (Å²) in [4.78, 5) is 15.8. The molecule has 2 rings (SSSR count). The normalized spacial score (nSPS) is 10.7. The maximum Gasteiger partial charge on any atom is 0.355 e. The number of carboxylic acid groups (broad SMARTS) is 1. The standard InChI is InChI=1S/C16H18FNO3S/c1-3-11-6-7-13(12(17)9-11)21-8-4-5-14-15(16(19)20)18-10(2)22-14/h6-7,9H,3-5,8H2,1-2H3,(H,19,20). The summed E-state index contributed by atoms with van der Waals surface area (Å²) in [6.45, 7) is 4.08. The summed E-state index contributed by atoms with van der Waals surface area (Å²) in [7, 11) is 0. The van der Waals surface area contributed by atoms with Crippen molar-refractivity contribution in [3.05, 3.63) is 45.2 Å². The molecule has 4 nitrogen and oxygen atoms in total. The highest BCUT2D eigenvalue weighted by molar-refractivity contribution is 7.11. The van der Waals surface area contributed by atoms with Crippen molar-refractivity contribution in [2.75, 3.05) is 6.61 Å². The molecule has 0 radical (unpaired) electrons. The minimum absolute atomic E-state index is 0.112. The Morgan fingerprint density at radius 3 is 2.86 bits per heavy atom. The van der Waals surface area contributed by atoms with E-state index in [-0.39, 0.29) is 17.3 Å². The number of hydrogen-bond acceptors (Lipinski definition) is 4. The number of rotatable bonds is 7. The minimum atomic E-state index is -1.01. The van der Waals surface area contributed by atoms with Gasteiger partial charge in [-0.15, -0.1) is 11.3 Å². The van der Waals surface area contributed by atoms with Crippen molar-refractivity contribution in [3.8, 4) is 5.75 Å². The van der Waals surface area contributed by atoms with Crippen LogP contribution in [0.1, 0.15) is 39.3 Å². The third-order valence-corrected chi connectivity index (χ3v) is 4.25. The van der Waals surface area contributed by atoms with Gasteiger partial charge in [0.15, 0.2) is 17.3 Å². The van der Waals surface area contributed by atoms with Crippen molar-refractivity contribution in [1.29, 1.82) is 0 Å². The molecule has 0 saturated heterocycles. The third kappa shape index (κ3) is 4.04. The minimum Gasteiger partial charge on any atom is -0.491 e. The molecule has 0 atom stereocenters. The van der Waals surface area contributed by atoms with Crippen molar-refractivity contribution < 1.29 is 19.0 Å². The van der Waals surface area contributed by atoms with Gasteiger partial charge in [0.05, 0.1) is 11.6 Å². The van der Waals surface area contributed by atoms with Crippen molar-refractivity contribution in [1.82, 2.24) is 4.98 Å². The molecular formula is C16H18FNO3S. The molecule has 0 unspecified atom stereocenters. The number of aromatic nitrogens is 1. The molecular weight excluding hydrogens is 305 g/mol. The lowest BCUT2D eigenvalue weighted by molar-refractivity contribution is 0.0690. The zero-order valence-electron chi connectivity index (χ0n) is 12.6. The number of benzene rings is 1. The fourth-order valence-corrected chi connectivity index (χ4v) is 3.07. The van der Waals surface area contributed by atoms with Crippen LogP contribution in [0.3, 0.4) is 0 Å². The lowest BCUT2D eigenvalue weighted by Crippen LogP contribution is -2.04. The van der Waals surface area contributed by atoms with Gasteiger partial charge in [0.2, 0.25) is 0 Å². The molecule has 0 aliphatic heterocycles. The first-order valence-electron chi connectivity index (χ1n) is 7.12. The molecule has 1 heterocycles. The largest absolute Gasteiger partial charge is 0.491 e. The fourth-order valence-electron chi connectivity index (χ4n) is 2.10. The topological polar surface area (TPSA) is 59.4 Å². The van der Waals surface area contributed by atoms with Crippen LogP contribution in [0.5, 0.6) is 5.75 Å². The zero-order chi connectivity index (χ0) is 16.1. The highest BCUT2D eigenvalue weighted by Gasteiger charge is 2.15. The number of nitrogens with zero attached hydrogens (tertiary/aromatic N) is 1. The zero-order valence-corrected chi connectivity index (χ0v) is 13.4. The van der Waals surface area contributed by atoms with Crippen LogP contribution in [-0.4, -0.2) is 22.7 Å². The smallest absolute Gasteiger partial charge is 0.355 e. The van der Waals surface area contributed by atoms with Crippen molar-refractivity contribution in [2.24, 2.45) is 0 Å². The van der Waals surface area contributed by atoms with E-state index in [1.165, 1.54) is 17.4 Å². The van der Waals surface area contributed by atoms with Gasteiger partial charge in [0, 0.05) is 4.88 Å². The maximum absolute atomic E-state index is 13.7. The van der Waals surface area contributed by atoms with Crippen LogP contribution in [0.4, 0.5) is 4.39 Å². The van der Waals surface area contributed by atoms with Crippen LogP contribution in [0.2, 0.25) is 0 Å². The summed E-state index contributed by atoms with van der Waals surface area (Å²) in [6.07, 6.45) is 1.94.